The maximum Gasteiger partial charge on any atom is 0.133 e. The predicted octanol–water partition coefficient (Wildman–Crippen LogP) is 6.20. The summed E-state index contributed by atoms with van der Waals surface area (Å²) in [5, 5.41) is 3.84. The fourth-order valence-corrected chi connectivity index (χ4v) is 3.94. The average Bonchev–Trinajstić information content (AvgIpc) is 2.75. The molecule has 4 aromatic carbocycles. The number of ether oxygens (including phenoxy) is 1. The smallest absolute Gasteiger partial charge is 0.133 e. The molecule has 0 atom stereocenters. The summed E-state index contributed by atoms with van der Waals surface area (Å²) in [5.41, 5.74) is 3.93. The summed E-state index contributed by atoms with van der Waals surface area (Å²) in [5.74, 6) is 1.76. The molecule has 0 amide bonds. The van der Waals surface area contributed by atoms with Crippen LogP contribution in [0.1, 0.15) is 16.7 Å². The molecule has 0 fully saturated rings. The van der Waals surface area contributed by atoms with Gasteiger partial charge >= 0.3 is 0 Å². The second-order valence-corrected chi connectivity index (χ2v) is 6.70. The fraction of sp³-hybridized carbons (Fsp3) is 0.0400. The normalized spacial score (nSPS) is 13.8. The Morgan fingerprint density at radius 3 is 1.59 bits per heavy atom. The second-order valence-electron chi connectivity index (χ2n) is 6.70. The number of fused-ring (bicyclic) bond motifs is 2. The van der Waals surface area contributed by atoms with Crippen LogP contribution in [-0.4, -0.2) is 0 Å². The highest BCUT2D eigenvalue weighted by Gasteiger charge is 2.43. The highest BCUT2D eigenvalue weighted by Crippen LogP contribution is 2.51. The van der Waals surface area contributed by atoms with Crippen molar-refractivity contribution in [2.45, 2.75) is 5.54 Å². The lowest BCUT2D eigenvalue weighted by Gasteiger charge is -2.42. The Balaban J connectivity index is 1.85. The first-order chi connectivity index (χ1) is 13.4. The maximum absolute atomic E-state index is 6.25. The van der Waals surface area contributed by atoms with Crippen LogP contribution in [0, 0.1) is 0 Å². The van der Waals surface area contributed by atoms with E-state index in [1.807, 2.05) is 30.3 Å². The standard InChI is InChI=1S/C25H19NO/c1-3-11-19(12-4-1)25(26-20-13-5-2-6-14-20)21-15-7-9-17-23(21)27-24-18-10-8-16-22(24)25/h1-18,26H. The molecule has 0 spiro atoms. The zero-order valence-corrected chi connectivity index (χ0v) is 14.8. The van der Waals surface area contributed by atoms with Gasteiger partial charge in [-0.2, -0.15) is 0 Å². The van der Waals surface area contributed by atoms with Gasteiger partial charge in [-0.05, 0) is 29.8 Å². The lowest BCUT2D eigenvalue weighted by molar-refractivity contribution is 0.430. The second kappa shape index (κ2) is 6.33. The van der Waals surface area contributed by atoms with Gasteiger partial charge in [0.2, 0.25) is 0 Å². The lowest BCUT2D eigenvalue weighted by atomic mass is 9.74. The van der Waals surface area contributed by atoms with Gasteiger partial charge < -0.3 is 10.1 Å². The zero-order chi connectivity index (χ0) is 18.1. The molecule has 0 unspecified atom stereocenters. The van der Waals surface area contributed by atoms with Crippen LogP contribution >= 0.6 is 0 Å². The minimum absolute atomic E-state index is 0.534. The Morgan fingerprint density at radius 2 is 1.00 bits per heavy atom. The van der Waals surface area contributed by atoms with Gasteiger partial charge in [0.1, 0.15) is 17.0 Å². The summed E-state index contributed by atoms with van der Waals surface area (Å²) in [7, 11) is 0. The van der Waals surface area contributed by atoms with E-state index in [1.54, 1.807) is 0 Å². The molecule has 1 N–H and O–H groups in total. The van der Waals surface area contributed by atoms with Gasteiger partial charge in [0, 0.05) is 16.8 Å². The fourth-order valence-electron chi connectivity index (χ4n) is 3.94. The van der Waals surface area contributed by atoms with Gasteiger partial charge in [-0.25, -0.2) is 0 Å². The summed E-state index contributed by atoms with van der Waals surface area (Å²) in [6, 6.07) is 37.5. The summed E-state index contributed by atoms with van der Waals surface area (Å²) >= 11 is 0. The van der Waals surface area contributed by atoms with Crippen LogP contribution in [0.5, 0.6) is 11.5 Å². The van der Waals surface area contributed by atoms with E-state index in [-0.39, 0.29) is 0 Å². The molecular formula is C25H19NO. The van der Waals surface area contributed by atoms with E-state index in [2.05, 4.69) is 84.2 Å². The van der Waals surface area contributed by atoms with Crippen molar-refractivity contribution >= 4 is 5.69 Å². The third-order valence-corrected chi connectivity index (χ3v) is 5.11. The van der Waals surface area contributed by atoms with E-state index in [0.29, 0.717) is 0 Å². The van der Waals surface area contributed by atoms with Gasteiger partial charge in [-0.3, -0.25) is 0 Å². The van der Waals surface area contributed by atoms with Crippen molar-refractivity contribution in [2.24, 2.45) is 0 Å². The number of para-hydroxylation sites is 3. The first-order valence-electron chi connectivity index (χ1n) is 9.13. The Labute approximate surface area is 159 Å². The molecular weight excluding hydrogens is 330 g/mol. The first kappa shape index (κ1) is 15.7. The SMILES string of the molecule is c1ccc(NC2(c3ccccc3)c3ccccc3Oc3ccccc32)cc1. The average molecular weight is 349 g/mol. The quantitative estimate of drug-likeness (QED) is 0.476. The van der Waals surface area contributed by atoms with Crippen LogP contribution in [0.15, 0.2) is 109 Å². The van der Waals surface area contributed by atoms with Crippen LogP contribution in [0.4, 0.5) is 5.69 Å². The van der Waals surface area contributed by atoms with Crippen molar-refractivity contribution in [1.82, 2.24) is 0 Å². The lowest BCUT2D eigenvalue weighted by Crippen LogP contribution is -2.40. The van der Waals surface area contributed by atoms with E-state index in [9.17, 15) is 0 Å². The van der Waals surface area contributed by atoms with E-state index in [1.165, 1.54) is 5.56 Å². The molecule has 0 radical (unpaired) electrons. The van der Waals surface area contributed by atoms with Crippen LogP contribution < -0.4 is 10.1 Å². The van der Waals surface area contributed by atoms with Gasteiger partial charge in [-0.15, -0.1) is 0 Å². The van der Waals surface area contributed by atoms with Crippen LogP contribution in [-0.2, 0) is 5.54 Å². The number of benzene rings is 4. The molecule has 2 heteroatoms. The molecule has 2 nitrogen and oxygen atoms in total. The molecule has 0 aliphatic carbocycles. The molecule has 1 heterocycles. The molecule has 0 aromatic heterocycles. The number of hydrogen-bond donors (Lipinski definition) is 1. The highest BCUT2D eigenvalue weighted by molar-refractivity contribution is 5.68. The Hall–Kier alpha value is -3.52. The highest BCUT2D eigenvalue weighted by atomic mass is 16.5. The molecule has 5 rings (SSSR count). The number of nitrogens with one attached hydrogen (secondary N) is 1. The third-order valence-electron chi connectivity index (χ3n) is 5.11. The van der Waals surface area contributed by atoms with Crippen molar-refractivity contribution in [3.8, 4) is 11.5 Å². The molecule has 27 heavy (non-hydrogen) atoms. The molecule has 0 saturated carbocycles. The van der Waals surface area contributed by atoms with Crippen molar-refractivity contribution < 1.29 is 4.74 Å². The third kappa shape index (κ3) is 2.49. The molecule has 0 bridgehead atoms. The van der Waals surface area contributed by atoms with Gasteiger partial charge in [-0.1, -0.05) is 84.9 Å². The minimum atomic E-state index is -0.534. The molecule has 0 saturated heterocycles. The summed E-state index contributed by atoms with van der Waals surface area (Å²) in [6.07, 6.45) is 0. The topological polar surface area (TPSA) is 21.3 Å². The van der Waals surface area contributed by atoms with Crippen molar-refractivity contribution in [3.63, 3.8) is 0 Å². The zero-order valence-electron chi connectivity index (χ0n) is 14.8. The summed E-state index contributed by atoms with van der Waals surface area (Å²) in [4.78, 5) is 0. The Bertz CT molecular complexity index is 1030. The summed E-state index contributed by atoms with van der Waals surface area (Å²) in [6.45, 7) is 0. The van der Waals surface area contributed by atoms with Crippen molar-refractivity contribution in [3.05, 3.63) is 126 Å². The largest absolute Gasteiger partial charge is 0.457 e. The van der Waals surface area contributed by atoms with E-state index < -0.39 is 5.54 Å². The number of rotatable bonds is 3. The van der Waals surface area contributed by atoms with Crippen LogP contribution in [0.3, 0.4) is 0 Å². The van der Waals surface area contributed by atoms with Gasteiger partial charge in [0.15, 0.2) is 0 Å². The number of anilines is 1. The minimum Gasteiger partial charge on any atom is -0.457 e. The Kier molecular flexibility index (Phi) is 3.68. The van der Waals surface area contributed by atoms with Crippen molar-refractivity contribution in [2.75, 3.05) is 5.32 Å². The number of hydrogen-bond acceptors (Lipinski definition) is 2. The first-order valence-corrected chi connectivity index (χ1v) is 9.13. The van der Waals surface area contributed by atoms with Crippen LogP contribution in [0.25, 0.3) is 0 Å². The van der Waals surface area contributed by atoms with E-state index in [0.717, 1.165) is 28.3 Å². The summed E-state index contributed by atoms with van der Waals surface area (Å²) < 4.78 is 6.25. The predicted molar refractivity (Wildman–Crippen MR) is 109 cm³/mol. The maximum atomic E-state index is 6.25. The molecule has 1 aliphatic heterocycles. The molecule has 4 aromatic rings. The van der Waals surface area contributed by atoms with Crippen LogP contribution in [0.2, 0.25) is 0 Å². The van der Waals surface area contributed by atoms with E-state index in [4.69, 9.17) is 4.74 Å². The molecule has 1 aliphatic rings. The molecule has 130 valence electrons. The van der Waals surface area contributed by atoms with Crippen molar-refractivity contribution in [1.29, 1.82) is 0 Å². The Morgan fingerprint density at radius 1 is 0.519 bits per heavy atom. The van der Waals surface area contributed by atoms with Gasteiger partial charge in [0.05, 0.1) is 0 Å². The van der Waals surface area contributed by atoms with Gasteiger partial charge in [0.25, 0.3) is 0 Å². The monoisotopic (exact) mass is 349 g/mol. The van der Waals surface area contributed by atoms with E-state index >= 15 is 0 Å².